The molecular weight excluding hydrogens is 259 g/mol. The van der Waals surface area contributed by atoms with E-state index in [0.29, 0.717) is 23.4 Å². The first kappa shape index (κ1) is 12.3. The molecule has 1 aliphatic heterocycles. The molecule has 0 aliphatic carbocycles. The molecule has 0 saturated heterocycles. The van der Waals surface area contributed by atoms with Crippen molar-refractivity contribution in [1.82, 2.24) is 5.32 Å². The third-order valence-electron chi connectivity index (χ3n) is 3.16. The van der Waals surface area contributed by atoms with Gasteiger partial charge in [-0.05, 0) is 42.0 Å². The summed E-state index contributed by atoms with van der Waals surface area (Å²) < 4.78 is 12.8. The van der Waals surface area contributed by atoms with Gasteiger partial charge in [0.05, 0.1) is 0 Å². The summed E-state index contributed by atoms with van der Waals surface area (Å²) in [5, 5.41) is 5.40. The van der Waals surface area contributed by atoms with Crippen molar-refractivity contribution in [1.29, 1.82) is 0 Å². The van der Waals surface area contributed by atoms with Gasteiger partial charge in [-0.3, -0.25) is 9.59 Å². The minimum absolute atomic E-state index is 0.141. The zero-order chi connectivity index (χ0) is 14.1. The van der Waals surface area contributed by atoms with E-state index in [-0.39, 0.29) is 11.8 Å². The standard InChI is InChI=1S/C15H11FN2O2/c16-11-4-1-9(2-5-11)14(19)18-12-6-3-10-8-17-15(20)13(10)7-12/h1-7H,8H2,(H,17,20)(H,18,19). The molecule has 0 aromatic heterocycles. The van der Waals surface area contributed by atoms with Gasteiger partial charge in [0.1, 0.15) is 5.82 Å². The summed E-state index contributed by atoms with van der Waals surface area (Å²) >= 11 is 0. The summed E-state index contributed by atoms with van der Waals surface area (Å²) in [5.74, 6) is -0.878. The Balaban J connectivity index is 1.81. The zero-order valence-corrected chi connectivity index (χ0v) is 10.4. The number of hydrogen-bond donors (Lipinski definition) is 2. The van der Waals surface area contributed by atoms with Crippen molar-refractivity contribution in [2.24, 2.45) is 0 Å². The molecule has 5 heteroatoms. The Morgan fingerprint density at radius 2 is 1.90 bits per heavy atom. The Morgan fingerprint density at radius 3 is 2.65 bits per heavy atom. The minimum Gasteiger partial charge on any atom is -0.348 e. The van der Waals surface area contributed by atoms with E-state index >= 15 is 0 Å². The molecule has 3 rings (SSSR count). The average Bonchev–Trinajstić information content (AvgIpc) is 2.81. The van der Waals surface area contributed by atoms with Crippen LogP contribution in [0.3, 0.4) is 0 Å². The molecule has 0 radical (unpaired) electrons. The molecule has 2 amide bonds. The molecule has 2 aromatic carbocycles. The minimum atomic E-state index is -0.393. The van der Waals surface area contributed by atoms with Gasteiger partial charge in [0, 0.05) is 23.4 Å². The highest BCUT2D eigenvalue weighted by Crippen LogP contribution is 2.20. The Bertz CT molecular complexity index is 696. The van der Waals surface area contributed by atoms with Crippen molar-refractivity contribution in [3.63, 3.8) is 0 Å². The van der Waals surface area contributed by atoms with E-state index in [2.05, 4.69) is 10.6 Å². The molecule has 0 atom stereocenters. The van der Waals surface area contributed by atoms with E-state index < -0.39 is 5.82 Å². The Kier molecular flexibility index (Phi) is 2.95. The molecule has 0 unspecified atom stereocenters. The summed E-state index contributed by atoms with van der Waals surface area (Å²) in [6.45, 7) is 0.514. The molecule has 4 nitrogen and oxygen atoms in total. The predicted molar refractivity (Wildman–Crippen MR) is 72.0 cm³/mol. The van der Waals surface area contributed by atoms with Crippen LogP contribution in [0.1, 0.15) is 26.3 Å². The van der Waals surface area contributed by atoms with Gasteiger partial charge in [-0.2, -0.15) is 0 Å². The van der Waals surface area contributed by atoms with E-state index in [9.17, 15) is 14.0 Å². The fourth-order valence-electron chi connectivity index (χ4n) is 2.09. The fraction of sp³-hybridized carbons (Fsp3) is 0.0667. The van der Waals surface area contributed by atoms with E-state index in [1.54, 1.807) is 18.2 Å². The summed E-state index contributed by atoms with van der Waals surface area (Å²) in [6.07, 6.45) is 0. The number of benzene rings is 2. The van der Waals surface area contributed by atoms with Gasteiger partial charge in [0.2, 0.25) is 0 Å². The van der Waals surface area contributed by atoms with Crippen LogP contribution in [0.2, 0.25) is 0 Å². The van der Waals surface area contributed by atoms with E-state index in [0.717, 1.165) is 5.56 Å². The maximum absolute atomic E-state index is 12.8. The molecule has 20 heavy (non-hydrogen) atoms. The molecule has 0 spiro atoms. The molecule has 0 fully saturated rings. The topological polar surface area (TPSA) is 58.2 Å². The maximum Gasteiger partial charge on any atom is 0.255 e. The van der Waals surface area contributed by atoms with Crippen LogP contribution in [0.15, 0.2) is 42.5 Å². The highest BCUT2D eigenvalue weighted by Gasteiger charge is 2.19. The maximum atomic E-state index is 12.8. The van der Waals surface area contributed by atoms with Crippen LogP contribution in [0, 0.1) is 5.82 Å². The summed E-state index contributed by atoms with van der Waals surface area (Å²) in [4.78, 5) is 23.5. The molecular formula is C15H11FN2O2. The van der Waals surface area contributed by atoms with E-state index in [1.165, 1.54) is 24.3 Å². The highest BCUT2D eigenvalue weighted by molar-refractivity contribution is 6.05. The lowest BCUT2D eigenvalue weighted by Gasteiger charge is -2.06. The number of halogens is 1. The first-order valence-corrected chi connectivity index (χ1v) is 6.11. The van der Waals surface area contributed by atoms with Crippen LogP contribution in [-0.4, -0.2) is 11.8 Å². The number of rotatable bonds is 2. The van der Waals surface area contributed by atoms with Crippen molar-refractivity contribution in [2.45, 2.75) is 6.54 Å². The Morgan fingerprint density at radius 1 is 1.15 bits per heavy atom. The zero-order valence-electron chi connectivity index (χ0n) is 10.4. The quantitative estimate of drug-likeness (QED) is 0.879. The highest BCUT2D eigenvalue weighted by atomic mass is 19.1. The van der Waals surface area contributed by atoms with Crippen molar-refractivity contribution in [3.8, 4) is 0 Å². The van der Waals surface area contributed by atoms with Crippen LogP contribution in [0.4, 0.5) is 10.1 Å². The number of fused-ring (bicyclic) bond motifs is 1. The number of carbonyl (C=O) groups excluding carboxylic acids is 2. The number of carbonyl (C=O) groups is 2. The lowest BCUT2D eigenvalue weighted by molar-refractivity contribution is 0.0964. The number of anilines is 1. The Hall–Kier alpha value is -2.69. The van der Waals surface area contributed by atoms with Crippen molar-refractivity contribution in [3.05, 3.63) is 65.0 Å². The van der Waals surface area contributed by atoms with Gasteiger partial charge >= 0.3 is 0 Å². The first-order chi connectivity index (χ1) is 9.63. The third-order valence-corrected chi connectivity index (χ3v) is 3.16. The molecule has 100 valence electrons. The SMILES string of the molecule is O=C(Nc1ccc2c(c1)C(=O)NC2)c1ccc(F)cc1. The summed E-state index contributed by atoms with van der Waals surface area (Å²) in [7, 11) is 0. The van der Waals surface area contributed by atoms with E-state index in [1.807, 2.05) is 0 Å². The monoisotopic (exact) mass is 270 g/mol. The van der Waals surface area contributed by atoms with Gasteiger partial charge in [-0.25, -0.2) is 4.39 Å². The predicted octanol–water partition coefficient (Wildman–Crippen LogP) is 2.32. The van der Waals surface area contributed by atoms with Gasteiger partial charge < -0.3 is 10.6 Å². The van der Waals surface area contributed by atoms with Crippen LogP contribution in [-0.2, 0) is 6.54 Å². The van der Waals surface area contributed by atoms with Crippen LogP contribution in [0.5, 0.6) is 0 Å². The molecule has 0 bridgehead atoms. The normalized spacial score (nSPS) is 12.8. The smallest absolute Gasteiger partial charge is 0.255 e. The summed E-state index contributed by atoms with van der Waals surface area (Å²) in [5.41, 5.74) is 2.38. The molecule has 1 heterocycles. The molecule has 2 aromatic rings. The molecule has 1 aliphatic rings. The van der Waals surface area contributed by atoms with Crippen molar-refractivity contribution in [2.75, 3.05) is 5.32 Å². The average molecular weight is 270 g/mol. The Labute approximate surface area is 114 Å². The summed E-state index contributed by atoms with van der Waals surface area (Å²) in [6, 6.07) is 10.4. The third kappa shape index (κ3) is 2.25. The van der Waals surface area contributed by atoms with Gasteiger partial charge in [-0.1, -0.05) is 6.07 Å². The van der Waals surface area contributed by atoms with Crippen LogP contribution >= 0.6 is 0 Å². The van der Waals surface area contributed by atoms with Gasteiger partial charge in [-0.15, -0.1) is 0 Å². The molecule has 0 saturated carbocycles. The first-order valence-electron chi connectivity index (χ1n) is 6.11. The second kappa shape index (κ2) is 4.77. The van der Waals surface area contributed by atoms with Crippen LogP contribution in [0.25, 0.3) is 0 Å². The second-order valence-electron chi connectivity index (χ2n) is 4.52. The molecule has 2 N–H and O–H groups in total. The van der Waals surface area contributed by atoms with Crippen molar-refractivity contribution >= 4 is 17.5 Å². The van der Waals surface area contributed by atoms with Crippen molar-refractivity contribution < 1.29 is 14.0 Å². The number of nitrogens with one attached hydrogen (secondary N) is 2. The van der Waals surface area contributed by atoms with Gasteiger partial charge in [0.15, 0.2) is 0 Å². The second-order valence-corrected chi connectivity index (χ2v) is 4.52. The van der Waals surface area contributed by atoms with Crippen LogP contribution < -0.4 is 10.6 Å². The number of hydrogen-bond acceptors (Lipinski definition) is 2. The largest absolute Gasteiger partial charge is 0.348 e. The van der Waals surface area contributed by atoms with E-state index in [4.69, 9.17) is 0 Å². The lowest BCUT2D eigenvalue weighted by Crippen LogP contribution is -2.14. The fourth-order valence-corrected chi connectivity index (χ4v) is 2.09. The lowest BCUT2D eigenvalue weighted by atomic mass is 10.1. The number of amides is 2. The van der Waals surface area contributed by atoms with Gasteiger partial charge in [0.25, 0.3) is 11.8 Å².